The van der Waals surface area contributed by atoms with E-state index in [-0.39, 0.29) is 25.9 Å². The molecule has 1 saturated heterocycles. The number of hydrogen-bond donors (Lipinski definition) is 2. The van der Waals surface area contributed by atoms with Crippen LogP contribution in [0.1, 0.15) is 61.5 Å². The lowest BCUT2D eigenvalue weighted by molar-refractivity contribution is -0.157. The summed E-state index contributed by atoms with van der Waals surface area (Å²) in [6.07, 6.45) is -0.392. The van der Waals surface area contributed by atoms with Crippen molar-refractivity contribution in [1.29, 1.82) is 0 Å². The van der Waals surface area contributed by atoms with Crippen molar-refractivity contribution in [3.05, 3.63) is 117 Å². The third-order valence-electron chi connectivity index (χ3n) is 7.67. The number of aliphatic hydroxyl groups is 1. The first-order chi connectivity index (χ1) is 22.0. The molecule has 46 heavy (non-hydrogen) atoms. The maximum absolute atomic E-state index is 13.6. The Morgan fingerprint density at radius 3 is 2.22 bits per heavy atom. The minimum absolute atomic E-state index is 0.0241. The van der Waals surface area contributed by atoms with Crippen molar-refractivity contribution in [2.45, 2.75) is 75.8 Å². The SMILES string of the molecule is CC(C)(C)OC(=O)CC[C@@H](CO)NC(=O)C1=C[C@H]2OC(c3ccccc3)(c3ccccc3)O[C@H]2[C@H](OC(=O)c2cccc(I)c2)C1. The highest BCUT2D eigenvalue weighted by Gasteiger charge is 2.55. The molecule has 4 atom stereocenters. The average Bonchev–Trinajstić information content (AvgIpc) is 3.44. The molecule has 1 heterocycles. The number of ether oxygens (including phenoxy) is 4. The maximum atomic E-state index is 13.6. The number of rotatable bonds is 10. The van der Waals surface area contributed by atoms with Crippen LogP contribution >= 0.6 is 22.6 Å². The quantitative estimate of drug-likeness (QED) is 0.209. The van der Waals surface area contributed by atoms with Crippen LogP contribution < -0.4 is 5.32 Å². The fourth-order valence-corrected chi connectivity index (χ4v) is 6.13. The van der Waals surface area contributed by atoms with E-state index in [4.69, 9.17) is 18.9 Å². The highest BCUT2D eigenvalue weighted by Crippen LogP contribution is 2.47. The molecule has 0 unspecified atom stereocenters. The third kappa shape index (κ3) is 8.03. The van der Waals surface area contributed by atoms with Gasteiger partial charge in [0.15, 0.2) is 0 Å². The van der Waals surface area contributed by atoms with Gasteiger partial charge < -0.3 is 29.4 Å². The second-order valence-electron chi connectivity index (χ2n) is 12.3. The molecule has 2 N–H and O–H groups in total. The van der Waals surface area contributed by atoms with Gasteiger partial charge in [-0.05, 0) is 74.1 Å². The predicted molar refractivity (Wildman–Crippen MR) is 179 cm³/mol. The standard InChI is InChI=1S/C36H38INO8/c1-35(2,3)45-31(40)18-17-28(22-39)38-33(41)24-20-29(43-34(42)23-11-10-16-27(37)19-23)32-30(21-24)44-36(46-32,25-12-6-4-7-13-25)26-14-8-5-9-15-26/h4-16,19,21,28-30,32,39H,17-18,20,22H2,1-3H3,(H,38,41)/t28-,29+,30+,32-/m0/s1. The summed E-state index contributed by atoms with van der Waals surface area (Å²) in [6.45, 7) is 4.96. The van der Waals surface area contributed by atoms with Gasteiger partial charge >= 0.3 is 11.9 Å². The Bertz CT molecular complexity index is 1530. The van der Waals surface area contributed by atoms with E-state index in [2.05, 4.69) is 27.9 Å². The zero-order valence-electron chi connectivity index (χ0n) is 26.0. The predicted octanol–water partition coefficient (Wildman–Crippen LogP) is 5.43. The summed E-state index contributed by atoms with van der Waals surface area (Å²) >= 11 is 2.13. The van der Waals surface area contributed by atoms with Crippen molar-refractivity contribution < 1.29 is 38.4 Å². The van der Waals surface area contributed by atoms with E-state index in [0.717, 1.165) is 14.7 Å². The Labute approximate surface area is 282 Å². The van der Waals surface area contributed by atoms with Gasteiger partial charge in [-0.15, -0.1) is 0 Å². The molecule has 3 aromatic rings. The topological polar surface area (TPSA) is 120 Å². The number of carbonyl (C=O) groups is 3. The molecule has 1 amide bonds. The van der Waals surface area contributed by atoms with E-state index < -0.39 is 53.6 Å². The highest BCUT2D eigenvalue weighted by molar-refractivity contribution is 14.1. The molecule has 5 rings (SSSR count). The average molecular weight is 740 g/mol. The van der Waals surface area contributed by atoms with Crippen LogP contribution in [0.5, 0.6) is 0 Å². The summed E-state index contributed by atoms with van der Waals surface area (Å²) < 4.78 is 25.8. The lowest BCUT2D eigenvalue weighted by Gasteiger charge is -2.31. The number of amides is 1. The van der Waals surface area contributed by atoms with Crippen molar-refractivity contribution in [1.82, 2.24) is 5.32 Å². The molecule has 0 saturated carbocycles. The monoisotopic (exact) mass is 739 g/mol. The molecule has 0 spiro atoms. The molecular weight excluding hydrogens is 701 g/mol. The van der Waals surface area contributed by atoms with Crippen LogP contribution in [0.2, 0.25) is 0 Å². The Hall–Kier alpha value is -3.58. The highest BCUT2D eigenvalue weighted by atomic mass is 127. The molecule has 1 fully saturated rings. The van der Waals surface area contributed by atoms with E-state index in [9.17, 15) is 19.5 Å². The minimum atomic E-state index is -1.33. The summed E-state index contributed by atoms with van der Waals surface area (Å²) in [6, 6.07) is 25.4. The molecule has 10 heteroatoms. The second-order valence-corrected chi connectivity index (χ2v) is 13.6. The number of aliphatic hydroxyl groups excluding tert-OH is 1. The van der Waals surface area contributed by atoms with Gasteiger partial charge in [0.1, 0.15) is 23.9 Å². The molecule has 9 nitrogen and oxygen atoms in total. The van der Waals surface area contributed by atoms with E-state index in [1.807, 2.05) is 66.7 Å². The first-order valence-corrected chi connectivity index (χ1v) is 16.3. The third-order valence-corrected chi connectivity index (χ3v) is 8.34. The number of halogens is 1. The summed E-state index contributed by atoms with van der Waals surface area (Å²) in [5.41, 5.74) is 1.56. The zero-order chi connectivity index (χ0) is 32.9. The van der Waals surface area contributed by atoms with E-state index >= 15 is 0 Å². The summed E-state index contributed by atoms with van der Waals surface area (Å²) in [7, 11) is 0. The minimum Gasteiger partial charge on any atom is -0.460 e. The number of nitrogens with one attached hydrogen (secondary N) is 1. The number of benzene rings is 3. The van der Waals surface area contributed by atoms with Crippen molar-refractivity contribution in [3.8, 4) is 0 Å². The molecule has 1 aliphatic carbocycles. The summed E-state index contributed by atoms with van der Waals surface area (Å²) in [5.74, 6) is -2.75. The Kier molecular flexibility index (Phi) is 10.6. The van der Waals surface area contributed by atoms with Gasteiger partial charge in [0.2, 0.25) is 11.7 Å². The molecule has 3 aromatic carbocycles. The Morgan fingerprint density at radius 2 is 1.63 bits per heavy atom. The van der Waals surface area contributed by atoms with Gasteiger partial charge in [0.05, 0.1) is 18.2 Å². The van der Waals surface area contributed by atoms with Gasteiger partial charge in [-0.2, -0.15) is 0 Å². The number of fused-ring (bicyclic) bond motifs is 1. The lowest BCUT2D eigenvalue weighted by Crippen LogP contribution is -2.45. The molecule has 1 aliphatic heterocycles. The van der Waals surface area contributed by atoms with Crippen LogP contribution in [-0.2, 0) is 34.3 Å². The fraction of sp³-hybridized carbons (Fsp3) is 0.361. The van der Waals surface area contributed by atoms with Crippen LogP contribution in [0.4, 0.5) is 0 Å². The molecule has 242 valence electrons. The first kappa shape index (κ1) is 33.8. The maximum Gasteiger partial charge on any atom is 0.338 e. The van der Waals surface area contributed by atoms with Crippen LogP contribution in [0.15, 0.2) is 96.6 Å². The van der Waals surface area contributed by atoms with E-state index in [0.29, 0.717) is 11.1 Å². The van der Waals surface area contributed by atoms with E-state index in [1.54, 1.807) is 45.0 Å². The van der Waals surface area contributed by atoms with Crippen LogP contribution in [0.25, 0.3) is 0 Å². The van der Waals surface area contributed by atoms with Gasteiger partial charge in [0, 0.05) is 33.1 Å². The summed E-state index contributed by atoms with van der Waals surface area (Å²) in [5, 5.41) is 12.8. The molecule has 0 radical (unpaired) electrons. The second kappa shape index (κ2) is 14.5. The lowest BCUT2D eigenvalue weighted by atomic mass is 9.91. The molecule has 0 aromatic heterocycles. The first-order valence-electron chi connectivity index (χ1n) is 15.2. The smallest absolute Gasteiger partial charge is 0.338 e. The summed E-state index contributed by atoms with van der Waals surface area (Å²) in [4.78, 5) is 39.3. The van der Waals surface area contributed by atoms with Gasteiger partial charge in [0.25, 0.3) is 0 Å². The molecule has 0 bridgehead atoms. The normalized spacial score (nSPS) is 21.0. The van der Waals surface area contributed by atoms with Crippen molar-refractivity contribution in [3.63, 3.8) is 0 Å². The van der Waals surface area contributed by atoms with Gasteiger partial charge in [-0.3, -0.25) is 9.59 Å². The zero-order valence-corrected chi connectivity index (χ0v) is 28.1. The Morgan fingerprint density at radius 1 is 0.978 bits per heavy atom. The van der Waals surface area contributed by atoms with Crippen molar-refractivity contribution in [2.24, 2.45) is 0 Å². The van der Waals surface area contributed by atoms with Crippen molar-refractivity contribution >= 4 is 40.4 Å². The van der Waals surface area contributed by atoms with Crippen molar-refractivity contribution in [2.75, 3.05) is 6.61 Å². The van der Waals surface area contributed by atoms with Gasteiger partial charge in [-0.25, -0.2) is 4.79 Å². The van der Waals surface area contributed by atoms with Crippen LogP contribution in [-0.4, -0.2) is 59.5 Å². The molecular formula is C36H38INO8. The largest absolute Gasteiger partial charge is 0.460 e. The molecule has 2 aliphatic rings. The number of hydrogen-bond acceptors (Lipinski definition) is 8. The fourth-order valence-electron chi connectivity index (χ4n) is 5.58. The number of esters is 2. The van der Waals surface area contributed by atoms with E-state index in [1.165, 1.54) is 0 Å². The Balaban J connectivity index is 1.43. The number of carbonyl (C=O) groups excluding carboxylic acids is 3. The van der Waals surface area contributed by atoms with Gasteiger partial charge in [-0.1, -0.05) is 66.7 Å². The van der Waals surface area contributed by atoms with Crippen LogP contribution in [0.3, 0.4) is 0 Å². The van der Waals surface area contributed by atoms with Crippen LogP contribution in [0, 0.1) is 3.57 Å².